The molecule has 21 heavy (non-hydrogen) atoms. The molecule has 2 aliphatic rings. The van der Waals surface area contributed by atoms with Crippen molar-refractivity contribution in [3.63, 3.8) is 0 Å². The minimum absolute atomic E-state index is 0.0996. The predicted octanol–water partition coefficient (Wildman–Crippen LogP) is 0.200. The van der Waals surface area contributed by atoms with Crippen LogP contribution in [-0.2, 0) is 29.9 Å². The minimum Gasteiger partial charge on any atom is -0.750 e. The third-order valence-corrected chi connectivity index (χ3v) is 4.67. The number of hydrogen-bond acceptors (Lipinski definition) is 6. The molecule has 7 nitrogen and oxygen atoms in total. The van der Waals surface area contributed by atoms with Crippen molar-refractivity contribution in [2.24, 2.45) is 11.3 Å². The zero-order valence-electron chi connectivity index (χ0n) is 11.7. The lowest BCUT2D eigenvalue weighted by molar-refractivity contribution is -0.158. The van der Waals surface area contributed by atoms with Crippen molar-refractivity contribution >= 4 is 23.2 Å². The Labute approximate surface area is 125 Å². The smallest absolute Gasteiger partial charge is 0.325 e. The molecule has 2 fully saturated rings. The van der Waals surface area contributed by atoms with Crippen molar-refractivity contribution in [3.05, 3.63) is 12.7 Å². The summed E-state index contributed by atoms with van der Waals surface area (Å²) in [5.74, 6) is -0.987. The Balaban J connectivity index is 1.97. The number of hydrogen-bond donors (Lipinski definition) is 1. The van der Waals surface area contributed by atoms with Gasteiger partial charge in [0.05, 0.1) is 11.4 Å². The van der Waals surface area contributed by atoms with Crippen LogP contribution >= 0.6 is 0 Å². The summed E-state index contributed by atoms with van der Waals surface area (Å²) in [7, 11) is 0. The second-order valence-corrected chi connectivity index (χ2v) is 6.35. The Morgan fingerprint density at radius 2 is 2.29 bits per heavy atom. The van der Waals surface area contributed by atoms with Crippen molar-refractivity contribution in [1.29, 1.82) is 0 Å². The van der Waals surface area contributed by atoms with Gasteiger partial charge in [-0.1, -0.05) is 13.5 Å². The molecule has 2 bridgehead atoms. The summed E-state index contributed by atoms with van der Waals surface area (Å²) < 4.78 is 31.9. The molecule has 2 aliphatic carbocycles. The van der Waals surface area contributed by atoms with Gasteiger partial charge in [0.1, 0.15) is 18.8 Å². The first-order valence-electron chi connectivity index (χ1n) is 6.72. The fourth-order valence-corrected chi connectivity index (χ4v) is 3.85. The number of rotatable bonds is 6. The van der Waals surface area contributed by atoms with Gasteiger partial charge >= 0.3 is 5.97 Å². The summed E-state index contributed by atoms with van der Waals surface area (Å²) >= 11 is -2.66. The van der Waals surface area contributed by atoms with E-state index in [2.05, 4.69) is 11.9 Å². The monoisotopic (exact) mass is 316 g/mol. The zero-order valence-corrected chi connectivity index (χ0v) is 12.5. The molecule has 0 spiro atoms. The maximum absolute atomic E-state index is 11.8. The topological polar surface area (TPSA) is 105 Å². The molecule has 0 aromatic rings. The van der Waals surface area contributed by atoms with Gasteiger partial charge < -0.3 is 14.6 Å². The molecule has 1 N–H and O–H groups in total. The SMILES string of the molecule is C=CC(=O)NCC(=O)OC1C2CCC(C)(C2)C1OS(=O)[O-]. The molecule has 0 aliphatic heterocycles. The molecule has 2 rings (SSSR count). The highest BCUT2D eigenvalue weighted by atomic mass is 32.2. The molecular formula is C13H18NO6S-. The lowest BCUT2D eigenvalue weighted by atomic mass is 9.83. The summed E-state index contributed by atoms with van der Waals surface area (Å²) in [6.45, 7) is 4.94. The van der Waals surface area contributed by atoms with Gasteiger partial charge in [0.2, 0.25) is 5.91 Å². The Kier molecular flexibility index (Phi) is 4.80. The lowest BCUT2D eigenvalue weighted by Gasteiger charge is -2.36. The Morgan fingerprint density at radius 1 is 1.57 bits per heavy atom. The average molecular weight is 316 g/mol. The fraction of sp³-hybridized carbons (Fsp3) is 0.692. The number of esters is 1. The van der Waals surface area contributed by atoms with E-state index >= 15 is 0 Å². The first-order chi connectivity index (χ1) is 9.85. The van der Waals surface area contributed by atoms with Crippen molar-refractivity contribution < 1.29 is 27.3 Å². The summed E-state index contributed by atoms with van der Waals surface area (Å²) in [6, 6.07) is 0. The molecule has 1 amide bonds. The van der Waals surface area contributed by atoms with Crippen LogP contribution in [0.4, 0.5) is 0 Å². The van der Waals surface area contributed by atoms with Crippen molar-refractivity contribution in [2.75, 3.05) is 6.54 Å². The number of fused-ring (bicyclic) bond motifs is 2. The van der Waals surface area contributed by atoms with Gasteiger partial charge in [-0.05, 0) is 36.7 Å². The van der Waals surface area contributed by atoms with Gasteiger partial charge in [-0.15, -0.1) is 0 Å². The standard InChI is InChI=1S/C13H19NO6S/c1-3-9(15)14-7-10(16)19-11-8-4-5-13(2,6-8)12(11)20-21(17)18/h3,8,11-12H,1,4-7H2,2H3,(H,14,15)(H,17,18)/p-1. The van der Waals surface area contributed by atoms with E-state index in [1.165, 1.54) is 0 Å². The molecule has 0 aromatic heterocycles. The van der Waals surface area contributed by atoms with E-state index < -0.39 is 35.4 Å². The Bertz CT molecular complexity index is 481. The summed E-state index contributed by atoms with van der Waals surface area (Å²) in [5.41, 5.74) is -0.292. The molecule has 0 radical (unpaired) electrons. The predicted molar refractivity (Wildman–Crippen MR) is 72.3 cm³/mol. The largest absolute Gasteiger partial charge is 0.750 e. The van der Waals surface area contributed by atoms with Crippen LogP contribution < -0.4 is 5.32 Å². The van der Waals surface area contributed by atoms with E-state index in [0.29, 0.717) is 0 Å². The van der Waals surface area contributed by atoms with E-state index in [4.69, 9.17) is 8.92 Å². The van der Waals surface area contributed by atoms with Crippen LogP contribution in [0.25, 0.3) is 0 Å². The van der Waals surface area contributed by atoms with Crippen molar-refractivity contribution in [2.45, 2.75) is 38.4 Å². The van der Waals surface area contributed by atoms with Crippen molar-refractivity contribution in [1.82, 2.24) is 5.32 Å². The van der Waals surface area contributed by atoms with E-state index in [-0.39, 0.29) is 17.9 Å². The van der Waals surface area contributed by atoms with E-state index in [0.717, 1.165) is 25.3 Å². The molecule has 2 saturated carbocycles. The van der Waals surface area contributed by atoms with Gasteiger partial charge in [0.15, 0.2) is 0 Å². The first-order valence-corrected chi connectivity index (χ1v) is 7.72. The quantitative estimate of drug-likeness (QED) is 0.426. The third-order valence-electron chi connectivity index (χ3n) is 4.31. The Morgan fingerprint density at radius 3 is 2.90 bits per heavy atom. The molecule has 8 heteroatoms. The van der Waals surface area contributed by atoms with E-state index in [1.54, 1.807) is 0 Å². The molecule has 0 aromatic carbocycles. The van der Waals surface area contributed by atoms with E-state index in [1.807, 2.05) is 6.92 Å². The summed E-state index contributed by atoms with van der Waals surface area (Å²) in [5, 5.41) is 2.32. The number of amides is 1. The number of carbonyl (C=O) groups excluding carboxylic acids is 2. The normalized spacial score (nSPS) is 35.2. The van der Waals surface area contributed by atoms with Gasteiger partial charge in [-0.3, -0.25) is 13.8 Å². The third kappa shape index (κ3) is 3.50. The zero-order chi connectivity index (χ0) is 15.6. The molecule has 5 unspecified atom stereocenters. The second kappa shape index (κ2) is 6.25. The van der Waals surface area contributed by atoms with Crippen LogP contribution in [0, 0.1) is 11.3 Å². The molecule has 0 heterocycles. The first kappa shape index (κ1) is 16.1. The summed E-state index contributed by atoms with van der Waals surface area (Å²) in [6.07, 6.45) is 2.30. The molecular weight excluding hydrogens is 298 g/mol. The van der Waals surface area contributed by atoms with E-state index in [9.17, 15) is 18.4 Å². The van der Waals surface area contributed by atoms with Crippen LogP contribution in [0.3, 0.4) is 0 Å². The highest BCUT2D eigenvalue weighted by Gasteiger charge is 2.58. The van der Waals surface area contributed by atoms with Crippen LogP contribution in [-0.4, -0.2) is 39.4 Å². The number of nitrogens with one attached hydrogen (secondary N) is 1. The number of ether oxygens (including phenoxy) is 1. The lowest BCUT2D eigenvalue weighted by Crippen LogP contribution is -2.44. The molecule has 0 saturated heterocycles. The van der Waals surface area contributed by atoms with Crippen LogP contribution in [0.2, 0.25) is 0 Å². The van der Waals surface area contributed by atoms with Gasteiger partial charge in [0, 0.05) is 0 Å². The maximum Gasteiger partial charge on any atom is 0.325 e. The van der Waals surface area contributed by atoms with Crippen LogP contribution in [0.5, 0.6) is 0 Å². The molecule has 5 atom stereocenters. The summed E-state index contributed by atoms with van der Waals surface area (Å²) in [4.78, 5) is 22.7. The second-order valence-electron chi connectivity index (χ2n) is 5.75. The fourth-order valence-electron chi connectivity index (χ4n) is 3.34. The minimum atomic E-state index is -2.66. The van der Waals surface area contributed by atoms with Gasteiger partial charge in [0.25, 0.3) is 0 Å². The maximum atomic E-state index is 11.8. The van der Waals surface area contributed by atoms with Crippen LogP contribution in [0.1, 0.15) is 26.2 Å². The number of carbonyl (C=O) groups is 2. The average Bonchev–Trinajstić information content (AvgIpc) is 2.92. The van der Waals surface area contributed by atoms with Crippen LogP contribution in [0.15, 0.2) is 12.7 Å². The van der Waals surface area contributed by atoms with Gasteiger partial charge in [-0.2, -0.15) is 0 Å². The van der Waals surface area contributed by atoms with Crippen molar-refractivity contribution in [3.8, 4) is 0 Å². The molecule has 118 valence electrons. The highest BCUT2D eigenvalue weighted by Crippen LogP contribution is 2.56. The Hall–Kier alpha value is -1.25. The van der Waals surface area contributed by atoms with Gasteiger partial charge in [-0.25, -0.2) is 4.21 Å². The highest BCUT2D eigenvalue weighted by molar-refractivity contribution is 7.74.